The van der Waals surface area contributed by atoms with Crippen molar-refractivity contribution < 1.29 is 9.59 Å². The third-order valence-corrected chi connectivity index (χ3v) is 3.52. The maximum absolute atomic E-state index is 11.9. The zero-order valence-corrected chi connectivity index (χ0v) is 11.6. The SMILES string of the molecule is CCC(=O)c1ccc(N2CCNC(=O)C2(C)C)cn1. The van der Waals surface area contributed by atoms with Gasteiger partial charge in [-0.25, -0.2) is 0 Å². The maximum Gasteiger partial charge on any atom is 0.245 e. The van der Waals surface area contributed by atoms with Gasteiger partial charge in [-0.2, -0.15) is 0 Å². The molecule has 1 aromatic rings. The predicted molar refractivity (Wildman–Crippen MR) is 73.3 cm³/mol. The molecule has 1 N–H and O–H groups in total. The molecule has 0 bridgehead atoms. The van der Waals surface area contributed by atoms with Crippen molar-refractivity contribution in [2.75, 3.05) is 18.0 Å². The van der Waals surface area contributed by atoms with E-state index in [9.17, 15) is 9.59 Å². The highest BCUT2D eigenvalue weighted by Crippen LogP contribution is 2.25. The molecule has 0 atom stereocenters. The van der Waals surface area contributed by atoms with Gasteiger partial charge >= 0.3 is 0 Å². The van der Waals surface area contributed by atoms with Gasteiger partial charge in [0, 0.05) is 19.5 Å². The van der Waals surface area contributed by atoms with Crippen LogP contribution >= 0.6 is 0 Å². The van der Waals surface area contributed by atoms with Gasteiger partial charge in [0.05, 0.1) is 11.9 Å². The smallest absolute Gasteiger partial charge is 0.245 e. The molecule has 1 aliphatic rings. The van der Waals surface area contributed by atoms with E-state index in [0.717, 1.165) is 12.2 Å². The molecule has 1 aliphatic heterocycles. The first kappa shape index (κ1) is 13.5. The zero-order chi connectivity index (χ0) is 14.0. The Hall–Kier alpha value is -1.91. The summed E-state index contributed by atoms with van der Waals surface area (Å²) in [6.45, 7) is 6.94. The maximum atomic E-state index is 11.9. The Kier molecular flexibility index (Phi) is 3.55. The highest BCUT2D eigenvalue weighted by Gasteiger charge is 2.37. The van der Waals surface area contributed by atoms with Crippen molar-refractivity contribution in [3.05, 3.63) is 24.0 Å². The first-order valence-electron chi connectivity index (χ1n) is 6.52. The lowest BCUT2D eigenvalue weighted by atomic mass is 9.98. The summed E-state index contributed by atoms with van der Waals surface area (Å²) in [5.74, 6) is 0.0367. The molecule has 102 valence electrons. The molecule has 2 rings (SSSR count). The Balaban J connectivity index is 2.26. The fourth-order valence-corrected chi connectivity index (χ4v) is 2.24. The largest absolute Gasteiger partial charge is 0.354 e. The lowest BCUT2D eigenvalue weighted by Crippen LogP contribution is -2.62. The van der Waals surface area contributed by atoms with E-state index in [4.69, 9.17) is 0 Å². The second kappa shape index (κ2) is 4.99. The molecule has 0 aliphatic carbocycles. The van der Waals surface area contributed by atoms with E-state index in [-0.39, 0.29) is 11.7 Å². The highest BCUT2D eigenvalue weighted by atomic mass is 16.2. The molecular formula is C14H19N3O2. The Bertz CT molecular complexity index is 494. The Morgan fingerprint density at radius 3 is 2.79 bits per heavy atom. The van der Waals surface area contributed by atoms with Gasteiger partial charge in [-0.05, 0) is 26.0 Å². The number of nitrogens with one attached hydrogen (secondary N) is 1. The Labute approximate surface area is 113 Å². The fraction of sp³-hybridized carbons (Fsp3) is 0.500. The van der Waals surface area contributed by atoms with Crippen LogP contribution in [0.4, 0.5) is 5.69 Å². The summed E-state index contributed by atoms with van der Waals surface area (Å²) in [4.78, 5) is 29.6. The zero-order valence-electron chi connectivity index (χ0n) is 11.6. The molecule has 5 nitrogen and oxygen atoms in total. The van der Waals surface area contributed by atoms with E-state index in [2.05, 4.69) is 10.3 Å². The van der Waals surface area contributed by atoms with E-state index >= 15 is 0 Å². The van der Waals surface area contributed by atoms with Crippen LogP contribution in [0.5, 0.6) is 0 Å². The summed E-state index contributed by atoms with van der Waals surface area (Å²) >= 11 is 0. The van der Waals surface area contributed by atoms with Crippen molar-refractivity contribution in [1.29, 1.82) is 0 Å². The lowest BCUT2D eigenvalue weighted by molar-refractivity contribution is -0.126. The number of rotatable bonds is 3. The number of pyridine rings is 1. The topological polar surface area (TPSA) is 62.3 Å². The molecule has 0 aromatic carbocycles. The lowest BCUT2D eigenvalue weighted by Gasteiger charge is -2.42. The minimum Gasteiger partial charge on any atom is -0.354 e. The number of anilines is 1. The summed E-state index contributed by atoms with van der Waals surface area (Å²) < 4.78 is 0. The minimum atomic E-state index is -0.601. The second-order valence-corrected chi connectivity index (χ2v) is 5.14. The van der Waals surface area contributed by atoms with Gasteiger partial charge in [0.1, 0.15) is 11.2 Å². The quantitative estimate of drug-likeness (QED) is 0.835. The number of amides is 1. The van der Waals surface area contributed by atoms with E-state index in [0.29, 0.717) is 18.7 Å². The molecular weight excluding hydrogens is 242 g/mol. The monoisotopic (exact) mass is 261 g/mol. The van der Waals surface area contributed by atoms with E-state index in [1.54, 1.807) is 12.3 Å². The van der Waals surface area contributed by atoms with E-state index < -0.39 is 5.54 Å². The number of carbonyl (C=O) groups excluding carboxylic acids is 2. The third kappa shape index (κ3) is 2.45. The van der Waals surface area contributed by atoms with Crippen LogP contribution in [0, 0.1) is 0 Å². The Morgan fingerprint density at radius 2 is 2.21 bits per heavy atom. The standard InChI is InChI=1S/C14H19N3O2/c1-4-12(18)11-6-5-10(9-16-11)17-8-7-15-13(19)14(17,2)3/h5-6,9H,4,7-8H2,1-3H3,(H,15,19). The van der Waals surface area contributed by atoms with Gasteiger partial charge < -0.3 is 10.2 Å². The summed E-state index contributed by atoms with van der Waals surface area (Å²) in [5, 5.41) is 2.86. The summed E-state index contributed by atoms with van der Waals surface area (Å²) in [6, 6.07) is 3.58. The van der Waals surface area contributed by atoms with Crippen molar-refractivity contribution in [1.82, 2.24) is 10.3 Å². The number of carbonyl (C=O) groups is 2. The average molecular weight is 261 g/mol. The third-order valence-electron chi connectivity index (χ3n) is 3.52. The van der Waals surface area contributed by atoms with Crippen LogP contribution in [0.25, 0.3) is 0 Å². The summed E-state index contributed by atoms with van der Waals surface area (Å²) in [6.07, 6.45) is 2.12. The molecule has 0 unspecified atom stereocenters. The molecule has 0 spiro atoms. The number of nitrogens with zero attached hydrogens (tertiary/aromatic N) is 2. The Morgan fingerprint density at radius 1 is 1.47 bits per heavy atom. The fourth-order valence-electron chi connectivity index (χ4n) is 2.24. The van der Waals surface area contributed by atoms with Crippen LogP contribution in [0.1, 0.15) is 37.7 Å². The first-order valence-corrected chi connectivity index (χ1v) is 6.52. The molecule has 1 saturated heterocycles. The number of aromatic nitrogens is 1. The van der Waals surface area contributed by atoms with Crippen LogP contribution in [-0.4, -0.2) is 35.3 Å². The molecule has 0 radical (unpaired) electrons. The number of hydrogen-bond acceptors (Lipinski definition) is 4. The van der Waals surface area contributed by atoms with Crippen molar-refractivity contribution in [2.24, 2.45) is 0 Å². The molecule has 19 heavy (non-hydrogen) atoms. The van der Waals surface area contributed by atoms with Crippen LogP contribution < -0.4 is 10.2 Å². The number of piperazine rings is 1. The van der Waals surface area contributed by atoms with E-state index in [1.807, 2.05) is 31.7 Å². The van der Waals surface area contributed by atoms with Crippen LogP contribution in [0.2, 0.25) is 0 Å². The van der Waals surface area contributed by atoms with Gasteiger partial charge in [-0.1, -0.05) is 6.92 Å². The molecule has 1 aromatic heterocycles. The highest BCUT2D eigenvalue weighted by molar-refractivity contribution is 5.94. The first-order chi connectivity index (χ1) is 8.96. The summed E-state index contributed by atoms with van der Waals surface area (Å²) in [7, 11) is 0. The van der Waals surface area contributed by atoms with Crippen molar-refractivity contribution in [3.63, 3.8) is 0 Å². The van der Waals surface area contributed by atoms with Gasteiger partial charge in [0.2, 0.25) is 5.91 Å². The number of ketones is 1. The number of hydrogen-bond donors (Lipinski definition) is 1. The second-order valence-electron chi connectivity index (χ2n) is 5.14. The number of Topliss-reactive ketones (excluding diaryl/α,β-unsaturated/α-hetero) is 1. The van der Waals surface area contributed by atoms with Crippen molar-refractivity contribution in [3.8, 4) is 0 Å². The van der Waals surface area contributed by atoms with Crippen molar-refractivity contribution in [2.45, 2.75) is 32.7 Å². The van der Waals surface area contributed by atoms with Crippen molar-refractivity contribution >= 4 is 17.4 Å². The van der Waals surface area contributed by atoms with Gasteiger partial charge in [0.25, 0.3) is 0 Å². The van der Waals surface area contributed by atoms with Gasteiger partial charge in [-0.15, -0.1) is 0 Å². The van der Waals surface area contributed by atoms with Gasteiger partial charge in [0.15, 0.2) is 5.78 Å². The predicted octanol–water partition coefficient (Wildman–Crippen LogP) is 1.39. The van der Waals surface area contributed by atoms with E-state index in [1.165, 1.54) is 0 Å². The average Bonchev–Trinajstić information content (AvgIpc) is 2.41. The molecule has 1 fully saturated rings. The minimum absolute atomic E-state index is 0.00691. The van der Waals surface area contributed by atoms with Crippen LogP contribution in [0.3, 0.4) is 0 Å². The molecule has 2 heterocycles. The molecule has 1 amide bonds. The molecule has 0 saturated carbocycles. The normalized spacial score (nSPS) is 18.1. The van der Waals surface area contributed by atoms with Crippen LogP contribution in [0.15, 0.2) is 18.3 Å². The van der Waals surface area contributed by atoms with Crippen LogP contribution in [-0.2, 0) is 4.79 Å². The molecule has 5 heteroatoms. The van der Waals surface area contributed by atoms with Gasteiger partial charge in [-0.3, -0.25) is 14.6 Å². The summed E-state index contributed by atoms with van der Waals surface area (Å²) in [5.41, 5.74) is 0.744.